The lowest BCUT2D eigenvalue weighted by Gasteiger charge is -2.24. The van der Waals surface area contributed by atoms with Gasteiger partial charge in [-0.2, -0.15) is 13.2 Å². The van der Waals surface area contributed by atoms with Gasteiger partial charge in [-0.3, -0.25) is 0 Å². The molecular weight excluding hydrogens is 281 g/mol. The molecule has 2 atom stereocenters. The van der Waals surface area contributed by atoms with Crippen LogP contribution in [-0.2, 0) is 4.74 Å². The first-order valence-corrected chi connectivity index (χ1v) is 8.27. The fraction of sp³-hybridized carbons (Fsp3) is 1.00. The van der Waals surface area contributed by atoms with Gasteiger partial charge in [0.15, 0.2) is 0 Å². The molecule has 2 unspecified atom stereocenters. The molecule has 0 saturated carbocycles. The zero-order valence-corrected chi connectivity index (χ0v) is 13.4. The van der Waals surface area contributed by atoms with Gasteiger partial charge in [-0.05, 0) is 12.8 Å². The first-order valence-electron chi connectivity index (χ1n) is 8.27. The fourth-order valence-corrected chi connectivity index (χ4v) is 2.33. The van der Waals surface area contributed by atoms with Crippen molar-refractivity contribution in [2.24, 2.45) is 0 Å². The minimum atomic E-state index is -4.33. The van der Waals surface area contributed by atoms with Gasteiger partial charge in [0.25, 0.3) is 0 Å². The highest BCUT2D eigenvalue weighted by molar-refractivity contribution is 4.70. The maximum absolute atomic E-state index is 12.3. The van der Waals surface area contributed by atoms with E-state index < -0.39 is 25.0 Å². The molecular formula is C16H31F3O2. The topological polar surface area (TPSA) is 29.5 Å². The minimum Gasteiger partial charge on any atom is -0.390 e. The lowest BCUT2D eigenvalue weighted by molar-refractivity contribution is -0.196. The van der Waals surface area contributed by atoms with Gasteiger partial charge >= 0.3 is 6.18 Å². The zero-order chi connectivity index (χ0) is 16.1. The number of alkyl halides is 3. The molecule has 0 rings (SSSR count). The van der Waals surface area contributed by atoms with E-state index in [1.807, 2.05) is 0 Å². The second kappa shape index (κ2) is 12.3. The Balaban J connectivity index is 4.13. The first-order chi connectivity index (χ1) is 9.90. The third-order valence-electron chi connectivity index (χ3n) is 3.59. The monoisotopic (exact) mass is 312 g/mol. The molecule has 0 saturated heterocycles. The average molecular weight is 312 g/mol. The predicted octanol–water partition coefficient (Wildman–Crippen LogP) is 5.24. The number of aliphatic hydroxyl groups is 1. The fourth-order valence-electron chi connectivity index (χ4n) is 2.33. The van der Waals surface area contributed by atoms with Gasteiger partial charge in [-0.15, -0.1) is 0 Å². The number of unbranched alkanes of at least 4 members (excludes halogenated alkanes) is 6. The SMILES string of the molecule is CCCCCCC(O)C(CCCCCC)OCC(F)(F)F. The van der Waals surface area contributed by atoms with Crippen molar-refractivity contribution in [1.82, 2.24) is 0 Å². The standard InChI is InChI=1S/C16H31F3O2/c1-3-5-7-9-11-14(20)15(12-10-8-6-4-2)21-13-16(17,18)19/h14-15,20H,3-13H2,1-2H3. The molecule has 0 radical (unpaired) electrons. The molecule has 0 spiro atoms. The Bertz CT molecular complexity index is 232. The van der Waals surface area contributed by atoms with Crippen LogP contribution in [0.4, 0.5) is 13.2 Å². The molecule has 0 heterocycles. The van der Waals surface area contributed by atoms with Gasteiger partial charge in [-0.25, -0.2) is 0 Å². The summed E-state index contributed by atoms with van der Waals surface area (Å²) in [6, 6.07) is 0. The highest BCUT2D eigenvalue weighted by Gasteiger charge is 2.31. The van der Waals surface area contributed by atoms with E-state index in [1.54, 1.807) is 0 Å². The molecule has 5 heteroatoms. The Morgan fingerprint density at radius 2 is 1.38 bits per heavy atom. The van der Waals surface area contributed by atoms with Crippen LogP contribution in [0.5, 0.6) is 0 Å². The predicted molar refractivity (Wildman–Crippen MR) is 79.3 cm³/mol. The van der Waals surface area contributed by atoms with Crippen LogP contribution in [0.2, 0.25) is 0 Å². The number of aliphatic hydroxyl groups excluding tert-OH is 1. The van der Waals surface area contributed by atoms with E-state index in [9.17, 15) is 18.3 Å². The molecule has 0 amide bonds. The van der Waals surface area contributed by atoms with E-state index >= 15 is 0 Å². The Kier molecular flexibility index (Phi) is 12.1. The van der Waals surface area contributed by atoms with Crippen molar-refractivity contribution in [2.45, 2.75) is 96.4 Å². The molecule has 0 aliphatic rings. The Morgan fingerprint density at radius 3 is 1.86 bits per heavy atom. The number of rotatable bonds is 13. The summed E-state index contributed by atoms with van der Waals surface area (Å²) in [5.41, 5.74) is 0. The van der Waals surface area contributed by atoms with E-state index in [0.717, 1.165) is 51.4 Å². The van der Waals surface area contributed by atoms with Crippen LogP contribution in [0.25, 0.3) is 0 Å². The van der Waals surface area contributed by atoms with Gasteiger partial charge in [0.05, 0.1) is 12.2 Å². The average Bonchev–Trinajstić information content (AvgIpc) is 2.41. The van der Waals surface area contributed by atoms with Crippen LogP contribution in [-0.4, -0.2) is 30.1 Å². The van der Waals surface area contributed by atoms with Gasteiger partial charge in [0, 0.05) is 0 Å². The normalized spacial score (nSPS) is 15.1. The number of hydrogen-bond acceptors (Lipinski definition) is 2. The lowest BCUT2D eigenvalue weighted by Crippen LogP contribution is -2.33. The van der Waals surface area contributed by atoms with Crippen LogP contribution < -0.4 is 0 Å². The largest absolute Gasteiger partial charge is 0.411 e. The summed E-state index contributed by atoms with van der Waals surface area (Å²) < 4.78 is 41.7. The number of halogens is 3. The van der Waals surface area contributed by atoms with Crippen LogP contribution in [0.3, 0.4) is 0 Å². The smallest absolute Gasteiger partial charge is 0.390 e. The second-order valence-corrected chi connectivity index (χ2v) is 5.73. The highest BCUT2D eigenvalue weighted by Crippen LogP contribution is 2.21. The van der Waals surface area contributed by atoms with E-state index in [-0.39, 0.29) is 0 Å². The summed E-state index contributed by atoms with van der Waals surface area (Å²) in [7, 11) is 0. The van der Waals surface area contributed by atoms with E-state index in [1.165, 1.54) is 0 Å². The Hall–Kier alpha value is -0.290. The summed E-state index contributed by atoms with van der Waals surface area (Å²) >= 11 is 0. The maximum Gasteiger partial charge on any atom is 0.411 e. The van der Waals surface area contributed by atoms with Gasteiger partial charge in [0.2, 0.25) is 0 Å². The molecule has 128 valence electrons. The van der Waals surface area contributed by atoms with Crippen molar-refractivity contribution in [3.05, 3.63) is 0 Å². The Labute approximate surface area is 127 Å². The molecule has 0 aromatic rings. The molecule has 0 bridgehead atoms. The summed E-state index contributed by atoms with van der Waals surface area (Å²) in [5, 5.41) is 10.1. The van der Waals surface area contributed by atoms with Crippen molar-refractivity contribution in [2.75, 3.05) is 6.61 Å². The molecule has 0 aromatic carbocycles. The number of ether oxygens (including phenoxy) is 1. The molecule has 0 aliphatic carbocycles. The van der Waals surface area contributed by atoms with Crippen molar-refractivity contribution >= 4 is 0 Å². The molecule has 0 aromatic heterocycles. The molecule has 21 heavy (non-hydrogen) atoms. The van der Waals surface area contributed by atoms with E-state index in [0.29, 0.717) is 12.8 Å². The Morgan fingerprint density at radius 1 is 0.857 bits per heavy atom. The summed E-state index contributed by atoms with van der Waals surface area (Å²) in [6.45, 7) is 2.91. The quantitative estimate of drug-likeness (QED) is 0.471. The van der Waals surface area contributed by atoms with Crippen LogP contribution in [0.15, 0.2) is 0 Å². The highest BCUT2D eigenvalue weighted by atomic mass is 19.4. The van der Waals surface area contributed by atoms with Crippen LogP contribution in [0.1, 0.15) is 78.1 Å². The molecule has 0 fully saturated rings. The summed E-state index contributed by atoms with van der Waals surface area (Å²) in [4.78, 5) is 0. The maximum atomic E-state index is 12.3. The van der Waals surface area contributed by atoms with Crippen molar-refractivity contribution in [3.8, 4) is 0 Å². The van der Waals surface area contributed by atoms with Crippen molar-refractivity contribution in [3.63, 3.8) is 0 Å². The number of hydrogen-bond donors (Lipinski definition) is 1. The summed E-state index contributed by atoms with van der Waals surface area (Å²) in [5.74, 6) is 0. The van der Waals surface area contributed by atoms with Crippen molar-refractivity contribution in [1.29, 1.82) is 0 Å². The van der Waals surface area contributed by atoms with Crippen LogP contribution in [0, 0.1) is 0 Å². The minimum absolute atomic E-state index is 0.505. The lowest BCUT2D eigenvalue weighted by atomic mass is 10.00. The first kappa shape index (κ1) is 20.7. The van der Waals surface area contributed by atoms with Gasteiger partial charge in [-0.1, -0.05) is 65.2 Å². The molecule has 0 aliphatic heterocycles. The van der Waals surface area contributed by atoms with E-state index in [4.69, 9.17) is 4.74 Å². The molecule has 1 N–H and O–H groups in total. The van der Waals surface area contributed by atoms with Gasteiger partial charge < -0.3 is 9.84 Å². The third kappa shape index (κ3) is 13.1. The van der Waals surface area contributed by atoms with Crippen molar-refractivity contribution < 1.29 is 23.0 Å². The zero-order valence-electron chi connectivity index (χ0n) is 13.4. The van der Waals surface area contributed by atoms with E-state index in [2.05, 4.69) is 13.8 Å². The second-order valence-electron chi connectivity index (χ2n) is 5.73. The third-order valence-corrected chi connectivity index (χ3v) is 3.59. The van der Waals surface area contributed by atoms with Gasteiger partial charge in [0.1, 0.15) is 6.61 Å². The molecule has 2 nitrogen and oxygen atoms in total. The summed E-state index contributed by atoms with van der Waals surface area (Å²) in [6.07, 6.45) is 3.20. The van der Waals surface area contributed by atoms with Crippen LogP contribution >= 0.6 is 0 Å².